The Morgan fingerprint density at radius 3 is 2.59 bits per heavy atom. The van der Waals surface area contributed by atoms with Gasteiger partial charge in [-0.15, -0.1) is 0 Å². The predicted octanol–water partition coefficient (Wildman–Crippen LogP) is 4.48. The molecular formula is C18H18BrNO2. The lowest BCUT2D eigenvalue weighted by Gasteiger charge is -2.37. The van der Waals surface area contributed by atoms with Crippen molar-refractivity contribution >= 4 is 21.8 Å². The number of rotatable bonds is 2. The predicted molar refractivity (Wildman–Crippen MR) is 90.1 cm³/mol. The van der Waals surface area contributed by atoms with Gasteiger partial charge in [0.15, 0.2) is 0 Å². The van der Waals surface area contributed by atoms with Crippen molar-refractivity contribution in [2.45, 2.75) is 31.9 Å². The van der Waals surface area contributed by atoms with Crippen molar-refractivity contribution in [3.63, 3.8) is 0 Å². The van der Waals surface area contributed by atoms with Crippen LogP contribution in [0.3, 0.4) is 0 Å². The maximum absolute atomic E-state index is 12.5. The van der Waals surface area contributed by atoms with Crippen LogP contribution in [-0.2, 0) is 0 Å². The first kappa shape index (κ1) is 15.1. The highest BCUT2D eigenvalue weighted by Crippen LogP contribution is 2.39. The molecule has 1 amide bonds. The largest absolute Gasteiger partial charge is 0.487 e. The van der Waals surface area contributed by atoms with Crippen LogP contribution < -0.4 is 10.1 Å². The molecule has 1 heterocycles. The molecule has 0 saturated heterocycles. The van der Waals surface area contributed by atoms with E-state index in [0.29, 0.717) is 5.56 Å². The Balaban J connectivity index is 1.85. The van der Waals surface area contributed by atoms with Crippen LogP contribution in [0.2, 0.25) is 0 Å². The summed E-state index contributed by atoms with van der Waals surface area (Å²) in [6.07, 6.45) is 0.742. The van der Waals surface area contributed by atoms with Gasteiger partial charge in [-0.25, -0.2) is 0 Å². The van der Waals surface area contributed by atoms with Crippen molar-refractivity contribution in [1.82, 2.24) is 5.32 Å². The maximum atomic E-state index is 12.5. The van der Waals surface area contributed by atoms with Crippen LogP contribution in [0.25, 0.3) is 0 Å². The molecule has 0 bridgehead atoms. The number of fused-ring (bicyclic) bond motifs is 1. The lowest BCUT2D eigenvalue weighted by atomic mass is 9.89. The number of halogens is 1. The molecule has 2 aromatic rings. The fraction of sp³-hybridized carbons (Fsp3) is 0.278. The Hall–Kier alpha value is -1.81. The summed E-state index contributed by atoms with van der Waals surface area (Å²) in [6.45, 7) is 4.09. The highest BCUT2D eigenvalue weighted by Gasteiger charge is 2.34. The SMILES string of the molecule is CC1(C)CC(NC(=O)c2ccc(Br)cc2)c2ccccc2O1. The Bertz CT molecular complexity index is 694. The third-order valence-electron chi connectivity index (χ3n) is 3.79. The number of ether oxygens (including phenoxy) is 1. The Labute approximate surface area is 138 Å². The highest BCUT2D eigenvalue weighted by atomic mass is 79.9. The summed E-state index contributed by atoms with van der Waals surface area (Å²) in [7, 11) is 0. The minimum atomic E-state index is -0.300. The molecule has 1 aliphatic heterocycles. The molecule has 0 aromatic heterocycles. The van der Waals surface area contributed by atoms with Crippen LogP contribution in [-0.4, -0.2) is 11.5 Å². The van der Waals surface area contributed by atoms with Gasteiger partial charge in [-0.2, -0.15) is 0 Å². The second-order valence-corrected chi connectivity index (χ2v) is 7.05. The molecule has 1 N–H and O–H groups in total. The number of hydrogen-bond acceptors (Lipinski definition) is 2. The third kappa shape index (κ3) is 3.17. The van der Waals surface area contributed by atoms with Crippen LogP contribution >= 0.6 is 15.9 Å². The number of nitrogens with one attached hydrogen (secondary N) is 1. The van der Waals surface area contributed by atoms with Gasteiger partial charge >= 0.3 is 0 Å². The zero-order valence-electron chi connectivity index (χ0n) is 12.6. The van der Waals surface area contributed by atoms with Gasteiger partial charge in [0.2, 0.25) is 0 Å². The molecule has 2 aromatic carbocycles. The van der Waals surface area contributed by atoms with Gasteiger partial charge in [0.1, 0.15) is 11.4 Å². The normalized spacial score (nSPS) is 19.0. The second kappa shape index (κ2) is 5.76. The summed E-state index contributed by atoms with van der Waals surface area (Å²) >= 11 is 3.38. The van der Waals surface area contributed by atoms with Crippen LogP contribution in [0.1, 0.15) is 42.2 Å². The molecule has 1 aliphatic rings. The minimum Gasteiger partial charge on any atom is -0.487 e. The van der Waals surface area contributed by atoms with Crippen molar-refractivity contribution in [3.05, 3.63) is 64.1 Å². The van der Waals surface area contributed by atoms with Crippen molar-refractivity contribution in [2.75, 3.05) is 0 Å². The Morgan fingerprint density at radius 2 is 1.86 bits per heavy atom. The smallest absolute Gasteiger partial charge is 0.251 e. The van der Waals surface area contributed by atoms with Gasteiger partial charge in [0, 0.05) is 22.0 Å². The average Bonchev–Trinajstić information content (AvgIpc) is 2.46. The quantitative estimate of drug-likeness (QED) is 0.858. The van der Waals surface area contributed by atoms with E-state index in [1.165, 1.54) is 0 Å². The second-order valence-electron chi connectivity index (χ2n) is 6.14. The molecule has 0 fully saturated rings. The minimum absolute atomic E-state index is 0.0453. The van der Waals surface area contributed by atoms with E-state index in [2.05, 4.69) is 21.2 Å². The van der Waals surface area contributed by atoms with E-state index in [1.807, 2.05) is 62.4 Å². The summed E-state index contributed by atoms with van der Waals surface area (Å²) in [5.74, 6) is 0.782. The standard InChI is InChI=1S/C18H18BrNO2/c1-18(2)11-15(14-5-3-4-6-16(14)22-18)20-17(21)12-7-9-13(19)10-8-12/h3-10,15H,11H2,1-2H3,(H,20,21). The summed E-state index contributed by atoms with van der Waals surface area (Å²) in [4.78, 5) is 12.5. The molecule has 114 valence electrons. The number of carbonyl (C=O) groups is 1. The number of hydrogen-bond donors (Lipinski definition) is 1. The summed E-state index contributed by atoms with van der Waals surface area (Å²) < 4.78 is 6.95. The van der Waals surface area contributed by atoms with Crippen molar-refractivity contribution in [1.29, 1.82) is 0 Å². The number of para-hydroxylation sites is 1. The fourth-order valence-corrected chi connectivity index (χ4v) is 3.04. The number of amides is 1. The molecule has 3 nitrogen and oxygen atoms in total. The Kier molecular flexibility index (Phi) is 3.96. The molecule has 22 heavy (non-hydrogen) atoms. The zero-order valence-corrected chi connectivity index (χ0v) is 14.2. The summed E-state index contributed by atoms with van der Waals surface area (Å²) in [5, 5.41) is 3.13. The van der Waals surface area contributed by atoms with Gasteiger partial charge in [-0.1, -0.05) is 34.1 Å². The maximum Gasteiger partial charge on any atom is 0.251 e. The molecule has 1 atom stereocenters. The molecule has 3 rings (SSSR count). The van der Waals surface area contributed by atoms with E-state index >= 15 is 0 Å². The van der Waals surface area contributed by atoms with Gasteiger partial charge in [0.05, 0.1) is 6.04 Å². The molecule has 4 heteroatoms. The zero-order chi connectivity index (χ0) is 15.7. The topological polar surface area (TPSA) is 38.3 Å². The van der Waals surface area contributed by atoms with Crippen molar-refractivity contribution < 1.29 is 9.53 Å². The average molecular weight is 360 g/mol. The monoisotopic (exact) mass is 359 g/mol. The van der Waals surface area contributed by atoms with E-state index in [4.69, 9.17) is 4.74 Å². The van der Waals surface area contributed by atoms with E-state index in [0.717, 1.165) is 22.2 Å². The van der Waals surface area contributed by atoms with Crippen LogP contribution in [0, 0.1) is 0 Å². The first-order valence-electron chi connectivity index (χ1n) is 7.29. The molecule has 1 unspecified atom stereocenters. The van der Waals surface area contributed by atoms with Gasteiger partial charge in [0.25, 0.3) is 5.91 Å². The summed E-state index contributed by atoms with van der Waals surface area (Å²) in [5.41, 5.74) is 1.39. The highest BCUT2D eigenvalue weighted by molar-refractivity contribution is 9.10. The van der Waals surface area contributed by atoms with Crippen LogP contribution in [0.15, 0.2) is 53.0 Å². The number of carbonyl (C=O) groups excluding carboxylic acids is 1. The Morgan fingerprint density at radius 1 is 1.18 bits per heavy atom. The third-order valence-corrected chi connectivity index (χ3v) is 4.32. The molecule has 0 aliphatic carbocycles. The van der Waals surface area contributed by atoms with E-state index in [1.54, 1.807) is 0 Å². The van der Waals surface area contributed by atoms with Gasteiger partial charge < -0.3 is 10.1 Å². The molecule has 0 radical (unpaired) electrons. The molecule has 0 spiro atoms. The van der Waals surface area contributed by atoms with Crippen molar-refractivity contribution in [2.24, 2.45) is 0 Å². The van der Waals surface area contributed by atoms with Crippen LogP contribution in [0.4, 0.5) is 0 Å². The van der Waals surface area contributed by atoms with Crippen molar-refractivity contribution in [3.8, 4) is 5.75 Å². The van der Waals surface area contributed by atoms with E-state index in [9.17, 15) is 4.79 Å². The lowest BCUT2D eigenvalue weighted by Crippen LogP contribution is -2.41. The first-order valence-corrected chi connectivity index (χ1v) is 8.08. The van der Waals surface area contributed by atoms with E-state index in [-0.39, 0.29) is 17.6 Å². The van der Waals surface area contributed by atoms with E-state index < -0.39 is 0 Å². The van der Waals surface area contributed by atoms with Crippen LogP contribution in [0.5, 0.6) is 5.75 Å². The molecular weight excluding hydrogens is 342 g/mol. The number of benzene rings is 2. The lowest BCUT2D eigenvalue weighted by molar-refractivity contribution is 0.0620. The summed E-state index contributed by atoms with van der Waals surface area (Å²) in [6, 6.07) is 15.2. The van der Waals surface area contributed by atoms with Gasteiger partial charge in [-0.05, 0) is 44.2 Å². The fourth-order valence-electron chi connectivity index (χ4n) is 2.77. The first-order chi connectivity index (χ1) is 10.4. The molecule has 0 saturated carbocycles. The van der Waals surface area contributed by atoms with Gasteiger partial charge in [-0.3, -0.25) is 4.79 Å².